The van der Waals surface area contributed by atoms with Crippen LogP contribution in [0, 0.1) is 0 Å². The van der Waals surface area contributed by atoms with Gasteiger partial charge in [0, 0.05) is 11.4 Å². The summed E-state index contributed by atoms with van der Waals surface area (Å²) in [7, 11) is -3.91. The summed E-state index contributed by atoms with van der Waals surface area (Å²) in [4.78, 5) is 12.1. The van der Waals surface area contributed by atoms with E-state index in [1.165, 1.54) is 24.3 Å². The fourth-order valence-corrected chi connectivity index (χ4v) is 3.41. The molecule has 0 aliphatic heterocycles. The summed E-state index contributed by atoms with van der Waals surface area (Å²) in [6.45, 7) is 2.00. The van der Waals surface area contributed by atoms with Crippen molar-refractivity contribution in [2.24, 2.45) is 0 Å². The van der Waals surface area contributed by atoms with Gasteiger partial charge < -0.3 is 14.8 Å². The Bertz CT molecular complexity index is 1030. The fraction of sp³-hybridized carbons (Fsp3) is 0.0952. The standard InChI is InChI=1S/C21H20N2O4S/c1-2-16-8-14-20(15-9-16)28(25,26)27-19-12-10-18(11-13-19)23-21(24)22-17-6-4-3-5-7-17/h3-15H,2H2,1H3,(H2,22,23,24). The van der Waals surface area contributed by atoms with Gasteiger partial charge in [0.15, 0.2) is 0 Å². The Morgan fingerprint density at radius 1 is 0.821 bits per heavy atom. The van der Waals surface area contributed by atoms with Crippen LogP contribution in [0.2, 0.25) is 0 Å². The van der Waals surface area contributed by atoms with Crippen LogP contribution in [0.5, 0.6) is 5.75 Å². The minimum Gasteiger partial charge on any atom is -0.379 e. The van der Waals surface area contributed by atoms with Crippen LogP contribution in [0.3, 0.4) is 0 Å². The third-order valence-electron chi connectivity index (χ3n) is 3.97. The molecule has 3 aromatic carbocycles. The third-order valence-corrected chi connectivity index (χ3v) is 5.23. The van der Waals surface area contributed by atoms with Crippen molar-refractivity contribution in [1.29, 1.82) is 0 Å². The van der Waals surface area contributed by atoms with Gasteiger partial charge in [0.2, 0.25) is 0 Å². The van der Waals surface area contributed by atoms with Gasteiger partial charge in [-0.2, -0.15) is 8.42 Å². The van der Waals surface area contributed by atoms with Gasteiger partial charge in [0.25, 0.3) is 0 Å². The maximum absolute atomic E-state index is 12.4. The summed E-state index contributed by atoms with van der Waals surface area (Å²) in [5, 5.41) is 5.37. The molecular weight excluding hydrogens is 376 g/mol. The highest BCUT2D eigenvalue weighted by Crippen LogP contribution is 2.21. The van der Waals surface area contributed by atoms with Gasteiger partial charge in [0.1, 0.15) is 10.6 Å². The van der Waals surface area contributed by atoms with Crippen LogP contribution in [-0.4, -0.2) is 14.4 Å². The second kappa shape index (κ2) is 8.58. The lowest BCUT2D eigenvalue weighted by Crippen LogP contribution is -2.19. The van der Waals surface area contributed by atoms with Crippen molar-refractivity contribution in [3.8, 4) is 5.75 Å². The Labute approximate surface area is 164 Å². The van der Waals surface area contributed by atoms with E-state index in [0.717, 1.165) is 12.0 Å². The number of hydrogen-bond donors (Lipinski definition) is 2. The van der Waals surface area contributed by atoms with Gasteiger partial charge >= 0.3 is 16.1 Å². The van der Waals surface area contributed by atoms with Crippen molar-refractivity contribution in [3.63, 3.8) is 0 Å². The molecule has 6 nitrogen and oxygen atoms in total. The minimum atomic E-state index is -3.91. The highest BCUT2D eigenvalue weighted by atomic mass is 32.2. The van der Waals surface area contributed by atoms with Crippen LogP contribution in [0.25, 0.3) is 0 Å². The molecule has 0 bridgehead atoms. The number of rotatable bonds is 6. The number of amides is 2. The molecule has 0 saturated carbocycles. The molecule has 0 heterocycles. The Hall–Kier alpha value is -3.32. The van der Waals surface area contributed by atoms with Crippen molar-refractivity contribution in [3.05, 3.63) is 84.4 Å². The lowest BCUT2D eigenvalue weighted by Gasteiger charge is -2.10. The molecule has 0 saturated heterocycles. The van der Waals surface area contributed by atoms with Crippen molar-refractivity contribution in [2.75, 3.05) is 10.6 Å². The number of anilines is 2. The molecule has 0 aliphatic carbocycles. The van der Waals surface area contributed by atoms with Crippen molar-refractivity contribution < 1.29 is 17.4 Å². The lowest BCUT2D eigenvalue weighted by atomic mass is 10.2. The zero-order valence-electron chi connectivity index (χ0n) is 15.3. The largest absolute Gasteiger partial charge is 0.379 e. The van der Waals surface area contributed by atoms with E-state index in [9.17, 15) is 13.2 Å². The molecule has 0 radical (unpaired) electrons. The maximum atomic E-state index is 12.4. The lowest BCUT2D eigenvalue weighted by molar-refractivity contribution is 0.262. The summed E-state index contributed by atoms with van der Waals surface area (Å²) in [6, 6.07) is 21.3. The number of benzene rings is 3. The molecule has 3 aromatic rings. The Morgan fingerprint density at radius 2 is 1.39 bits per heavy atom. The Kier molecular flexibility index (Phi) is 5.96. The molecule has 0 aromatic heterocycles. The minimum absolute atomic E-state index is 0.0918. The van der Waals surface area contributed by atoms with Gasteiger partial charge in [-0.05, 0) is 60.5 Å². The van der Waals surface area contributed by atoms with E-state index in [1.54, 1.807) is 36.4 Å². The Balaban J connectivity index is 1.62. The second-order valence-electron chi connectivity index (χ2n) is 6.00. The van der Waals surface area contributed by atoms with Crippen LogP contribution < -0.4 is 14.8 Å². The van der Waals surface area contributed by atoms with Gasteiger partial charge in [0.05, 0.1) is 0 Å². The SMILES string of the molecule is CCc1ccc(S(=O)(=O)Oc2ccc(NC(=O)Nc3ccccc3)cc2)cc1. The number of nitrogens with one attached hydrogen (secondary N) is 2. The first kappa shape index (κ1) is 19.4. The number of urea groups is 1. The number of hydrogen-bond acceptors (Lipinski definition) is 4. The molecule has 0 spiro atoms. The molecule has 2 amide bonds. The summed E-state index contributed by atoms with van der Waals surface area (Å²) < 4.78 is 29.9. The average Bonchev–Trinajstić information content (AvgIpc) is 2.70. The normalized spacial score (nSPS) is 10.9. The van der Waals surface area contributed by atoms with E-state index in [4.69, 9.17) is 4.18 Å². The predicted molar refractivity (Wildman–Crippen MR) is 109 cm³/mol. The van der Waals surface area contributed by atoms with Gasteiger partial charge in [-0.3, -0.25) is 0 Å². The molecule has 3 rings (SSSR count). The quantitative estimate of drug-likeness (QED) is 0.594. The van der Waals surface area contributed by atoms with Gasteiger partial charge in [-0.1, -0.05) is 37.3 Å². The van der Waals surface area contributed by atoms with Gasteiger partial charge in [-0.25, -0.2) is 4.79 Å². The van der Waals surface area contributed by atoms with Crippen LogP contribution in [0.4, 0.5) is 16.2 Å². The van der Waals surface area contributed by atoms with E-state index in [-0.39, 0.29) is 10.6 Å². The van der Waals surface area contributed by atoms with E-state index in [2.05, 4.69) is 10.6 Å². The van der Waals surface area contributed by atoms with Crippen LogP contribution >= 0.6 is 0 Å². The van der Waals surface area contributed by atoms with Crippen molar-refractivity contribution in [1.82, 2.24) is 0 Å². The first-order chi connectivity index (χ1) is 13.5. The van der Waals surface area contributed by atoms with Crippen LogP contribution in [0.15, 0.2) is 83.8 Å². The fourth-order valence-electron chi connectivity index (χ4n) is 2.48. The summed E-state index contributed by atoms with van der Waals surface area (Å²) in [5.41, 5.74) is 2.22. The smallest absolute Gasteiger partial charge is 0.339 e. The molecular formula is C21H20N2O4S. The van der Waals surface area contributed by atoms with Crippen LogP contribution in [0.1, 0.15) is 12.5 Å². The molecule has 0 aliphatic rings. The molecule has 144 valence electrons. The zero-order chi connectivity index (χ0) is 20.0. The molecule has 0 fully saturated rings. The van der Waals surface area contributed by atoms with E-state index in [0.29, 0.717) is 11.4 Å². The second-order valence-corrected chi connectivity index (χ2v) is 7.55. The first-order valence-corrected chi connectivity index (χ1v) is 10.1. The summed E-state index contributed by atoms with van der Waals surface area (Å²) in [6.07, 6.45) is 0.827. The van der Waals surface area contributed by atoms with E-state index < -0.39 is 16.1 Å². The van der Waals surface area contributed by atoms with Crippen molar-refractivity contribution in [2.45, 2.75) is 18.2 Å². The predicted octanol–water partition coefficient (Wildman–Crippen LogP) is 4.66. The van der Waals surface area contributed by atoms with Crippen LogP contribution in [-0.2, 0) is 16.5 Å². The summed E-state index contributed by atoms with van der Waals surface area (Å²) >= 11 is 0. The highest BCUT2D eigenvalue weighted by Gasteiger charge is 2.16. The van der Waals surface area contributed by atoms with Crippen molar-refractivity contribution >= 4 is 27.5 Å². The van der Waals surface area contributed by atoms with E-state index in [1.807, 2.05) is 25.1 Å². The molecule has 0 unspecified atom stereocenters. The number of aryl methyl sites for hydroxylation is 1. The van der Waals surface area contributed by atoms with E-state index >= 15 is 0 Å². The number of carbonyl (C=O) groups excluding carboxylic acids is 1. The number of para-hydroxylation sites is 1. The monoisotopic (exact) mass is 396 g/mol. The highest BCUT2D eigenvalue weighted by molar-refractivity contribution is 7.87. The topological polar surface area (TPSA) is 84.5 Å². The first-order valence-electron chi connectivity index (χ1n) is 8.73. The molecule has 28 heavy (non-hydrogen) atoms. The average molecular weight is 396 g/mol. The summed E-state index contributed by atoms with van der Waals surface area (Å²) in [5.74, 6) is 0.161. The zero-order valence-corrected chi connectivity index (χ0v) is 16.1. The molecule has 7 heteroatoms. The van der Waals surface area contributed by atoms with Gasteiger partial charge in [-0.15, -0.1) is 0 Å². The molecule has 0 atom stereocenters. The third kappa shape index (κ3) is 5.11. The number of carbonyl (C=O) groups is 1. The maximum Gasteiger partial charge on any atom is 0.339 e. The Morgan fingerprint density at radius 3 is 1.96 bits per heavy atom. The molecule has 2 N–H and O–H groups in total.